The van der Waals surface area contributed by atoms with Crippen LogP contribution in [-0.2, 0) is 11.3 Å². The van der Waals surface area contributed by atoms with Gasteiger partial charge in [0.1, 0.15) is 5.82 Å². The van der Waals surface area contributed by atoms with Gasteiger partial charge in [-0.05, 0) is 36.6 Å². The number of carboxylic acid groups (broad SMARTS) is 1. The molecule has 3 nitrogen and oxygen atoms in total. The van der Waals surface area contributed by atoms with Crippen LogP contribution in [0.3, 0.4) is 0 Å². The van der Waals surface area contributed by atoms with Crippen molar-refractivity contribution in [1.29, 1.82) is 0 Å². The predicted molar refractivity (Wildman–Crippen MR) is 73.4 cm³/mol. The minimum atomic E-state index is -0.725. The van der Waals surface area contributed by atoms with Crippen LogP contribution < -0.4 is 5.32 Å². The molecule has 19 heavy (non-hydrogen) atoms. The van der Waals surface area contributed by atoms with Gasteiger partial charge in [-0.15, -0.1) is 0 Å². The lowest BCUT2D eigenvalue weighted by Crippen LogP contribution is -2.19. The highest BCUT2D eigenvalue weighted by Crippen LogP contribution is 2.15. The number of carbonyl (C=O) groups is 1. The van der Waals surface area contributed by atoms with Crippen LogP contribution in [-0.4, -0.2) is 17.6 Å². The van der Waals surface area contributed by atoms with Crippen molar-refractivity contribution in [1.82, 2.24) is 5.32 Å². The summed E-state index contributed by atoms with van der Waals surface area (Å²) >= 11 is 0. The maximum atomic E-state index is 12.7. The molecule has 4 heteroatoms. The number of aliphatic carboxylic acids is 1. The summed E-state index contributed by atoms with van der Waals surface area (Å²) in [5.74, 6) is -0.714. The molecule has 0 aliphatic heterocycles. The van der Waals surface area contributed by atoms with Gasteiger partial charge in [0.25, 0.3) is 0 Å². The van der Waals surface area contributed by atoms with Crippen molar-refractivity contribution >= 4 is 5.97 Å². The lowest BCUT2D eigenvalue weighted by atomic mass is 9.96. The average molecular weight is 267 g/mol. The van der Waals surface area contributed by atoms with Gasteiger partial charge >= 0.3 is 5.97 Å². The molecule has 0 saturated heterocycles. The van der Waals surface area contributed by atoms with E-state index in [1.807, 2.05) is 0 Å². The second-order valence-electron chi connectivity index (χ2n) is 4.84. The first kappa shape index (κ1) is 15.6. The summed E-state index contributed by atoms with van der Waals surface area (Å²) in [7, 11) is 0. The van der Waals surface area contributed by atoms with E-state index in [2.05, 4.69) is 12.2 Å². The fourth-order valence-electron chi connectivity index (χ4n) is 2.14. The van der Waals surface area contributed by atoms with Gasteiger partial charge in [-0.25, -0.2) is 4.39 Å². The molecule has 0 aliphatic carbocycles. The molecule has 1 atom stereocenters. The van der Waals surface area contributed by atoms with Gasteiger partial charge in [0.15, 0.2) is 0 Å². The van der Waals surface area contributed by atoms with Gasteiger partial charge in [-0.1, -0.05) is 31.9 Å². The Morgan fingerprint density at radius 2 is 2.00 bits per heavy atom. The molecule has 0 spiro atoms. The summed E-state index contributed by atoms with van der Waals surface area (Å²) in [6.07, 6.45) is 3.06. The maximum Gasteiger partial charge on any atom is 0.303 e. The zero-order chi connectivity index (χ0) is 14.1. The van der Waals surface area contributed by atoms with Gasteiger partial charge in [0.2, 0.25) is 0 Å². The molecule has 0 bridgehead atoms. The van der Waals surface area contributed by atoms with Crippen LogP contribution in [0.2, 0.25) is 0 Å². The molecule has 0 saturated carbocycles. The first-order valence-corrected chi connectivity index (χ1v) is 6.78. The Bertz CT molecular complexity index is 378. The van der Waals surface area contributed by atoms with E-state index in [1.54, 1.807) is 12.1 Å². The van der Waals surface area contributed by atoms with Crippen LogP contribution in [0.25, 0.3) is 0 Å². The minimum Gasteiger partial charge on any atom is -0.481 e. The van der Waals surface area contributed by atoms with Crippen molar-refractivity contribution in [2.75, 3.05) is 6.54 Å². The summed E-state index contributed by atoms with van der Waals surface area (Å²) in [5.41, 5.74) is 1.03. The van der Waals surface area contributed by atoms with Crippen molar-refractivity contribution in [3.8, 4) is 0 Å². The maximum absolute atomic E-state index is 12.7. The highest BCUT2D eigenvalue weighted by atomic mass is 19.1. The molecule has 1 rings (SSSR count). The number of nitrogens with one attached hydrogen (secondary N) is 1. The molecule has 0 amide bonds. The van der Waals surface area contributed by atoms with Crippen LogP contribution in [0.1, 0.15) is 38.2 Å². The van der Waals surface area contributed by atoms with Crippen molar-refractivity contribution in [3.63, 3.8) is 0 Å². The van der Waals surface area contributed by atoms with Crippen LogP contribution in [0, 0.1) is 11.7 Å². The monoisotopic (exact) mass is 267 g/mol. The Morgan fingerprint density at radius 1 is 1.32 bits per heavy atom. The van der Waals surface area contributed by atoms with Gasteiger partial charge in [-0.2, -0.15) is 0 Å². The fraction of sp³-hybridized carbons (Fsp3) is 0.533. The number of benzene rings is 1. The Hall–Kier alpha value is -1.42. The van der Waals surface area contributed by atoms with Crippen molar-refractivity contribution in [3.05, 3.63) is 35.6 Å². The Morgan fingerprint density at radius 3 is 2.58 bits per heavy atom. The first-order chi connectivity index (χ1) is 9.11. The summed E-state index contributed by atoms with van der Waals surface area (Å²) < 4.78 is 12.7. The number of hydrogen-bond acceptors (Lipinski definition) is 2. The summed E-state index contributed by atoms with van der Waals surface area (Å²) in [6.45, 7) is 3.54. The van der Waals surface area contributed by atoms with Crippen molar-refractivity contribution < 1.29 is 14.3 Å². The molecular formula is C15H22FNO2. The van der Waals surface area contributed by atoms with Gasteiger partial charge < -0.3 is 10.4 Å². The van der Waals surface area contributed by atoms with Crippen LogP contribution in [0.5, 0.6) is 0 Å². The highest BCUT2D eigenvalue weighted by molar-refractivity contribution is 5.66. The summed E-state index contributed by atoms with van der Waals surface area (Å²) in [6, 6.07) is 6.40. The Balaban J connectivity index is 2.24. The molecular weight excluding hydrogens is 245 g/mol. The summed E-state index contributed by atoms with van der Waals surface area (Å²) in [5, 5.41) is 12.1. The molecule has 1 aromatic rings. The molecule has 0 heterocycles. The topological polar surface area (TPSA) is 49.3 Å². The third-order valence-electron chi connectivity index (χ3n) is 3.13. The molecule has 0 aliphatic rings. The SMILES string of the molecule is CCCC(CCNCc1ccc(F)cc1)CC(=O)O. The smallest absolute Gasteiger partial charge is 0.303 e. The average Bonchev–Trinajstić information content (AvgIpc) is 2.36. The minimum absolute atomic E-state index is 0.229. The lowest BCUT2D eigenvalue weighted by Gasteiger charge is -2.14. The quantitative estimate of drug-likeness (QED) is 0.675. The van der Waals surface area contributed by atoms with E-state index < -0.39 is 5.97 Å². The molecule has 106 valence electrons. The molecule has 2 N–H and O–H groups in total. The standard InChI is InChI=1S/C15H22FNO2/c1-2-3-12(10-15(18)19)8-9-17-11-13-4-6-14(16)7-5-13/h4-7,12,17H,2-3,8-11H2,1H3,(H,18,19). The van der Waals surface area contributed by atoms with Crippen LogP contribution in [0.15, 0.2) is 24.3 Å². The van der Waals surface area contributed by atoms with E-state index >= 15 is 0 Å². The molecule has 0 fully saturated rings. The molecule has 1 aromatic carbocycles. The Labute approximate surface area is 113 Å². The van der Waals surface area contributed by atoms with E-state index in [1.165, 1.54) is 12.1 Å². The number of carboxylic acids is 1. The normalized spacial score (nSPS) is 12.3. The zero-order valence-corrected chi connectivity index (χ0v) is 11.4. The number of rotatable bonds is 9. The predicted octanol–water partition coefficient (Wildman–Crippen LogP) is 3.20. The summed E-state index contributed by atoms with van der Waals surface area (Å²) in [4.78, 5) is 10.7. The molecule has 0 aromatic heterocycles. The van der Waals surface area contributed by atoms with Crippen LogP contribution in [0.4, 0.5) is 4.39 Å². The third kappa shape index (κ3) is 6.91. The number of halogens is 1. The van der Waals surface area contributed by atoms with E-state index in [4.69, 9.17) is 5.11 Å². The first-order valence-electron chi connectivity index (χ1n) is 6.78. The van der Waals surface area contributed by atoms with Gasteiger partial charge in [-0.3, -0.25) is 4.79 Å². The largest absolute Gasteiger partial charge is 0.481 e. The fourth-order valence-corrected chi connectivity index (χ4v) is 2.14. The second kappa shape index (κ2) is 8.64. The third-order valence-corrected chi connectivity index (χ3v) is 3.13. The van der Waals surface area contributed by atoms with Gasteiger partial charge in [0.05, 0.1) is 0 Å². The highest BCUT2D eigenvalue weighted by Gasteiger charge is 2.11. The van der Waals surface area contributed by atoms with E-state index in [0.717, 1.165) is 31.4 Å². The van der Waals surface area contributed by atoms with E-state index in [9.17, 15) is 9.18 Å². The molecule has 1 unspecified atom stereocenters. The number of hydrogen-bond donors (Lipinski definition) is 2. The van der Waals surface area contributed by atoms with E-state index in [-0.39, 0.29) is 18.2 Å². The van der Waals surface area contributed by atoms with E-state index in [0.29, 0.717) is 6.54 Å². The van der Waals surface area contributed by atoms with Crippen molar-refractivity contribution in [2.45, 2.75) is 39.2 Å². The Kier molecular flexibility index (Phi) is 7.11. The van der Waals surface area contributed by atoms with Crippen molar-refractivity contribution in [2.24, 2.45) is 5.92 Å². The second-order valence-corrected chi connectivity index (χ2v) is 4.84. The molecule has 0 radical (unpaired) electrons. The lowest BCUT2D eigenvalue weighted by molar-refractivity contribution is -0.138. The zero-order valence-electron chi connectivity index (χ0n) is 11.4. The van der Waals surface area contributed by atoms with Crippen LogP contribution >= 0.6 is 0 Å². The van der Waals surface area contributed by atoms with Gasteiger partial charge in [0, 0.05) is 13.0 Å².